The van der Waals surface area contributed by atoms with Crippen LogP contribution in [0.5, 0.6) is 0 Å². The zero-order chi connectivity index (χ0) is 16.2. The highest BCUT2D eigenvalue weighted by molar-refractivity contribution is 7.12. The van der Waals surface area contributed by atoms with Crippen molar-refractivity contribution >= 4 is 17.2 Å². The molecule has 5 nitrogen and oxygen atoms in total. The average Bonchev–Trinajstić information content (AvgIpc) is 3.18. The monoisotopic (exact) mass is 338 g/mol. The molecule has 0 aliphatic carbocycles. The first-order valence-electron chi connectivity index (χ1n) is 8.40. The molecule has 2 atom stereocenters. The molecule has 0 unspecified atom stereocenters. The lowest BCUT2D eigenvalue weighted by atomic mass is 9.96. The van der Waals surface area contributed by atoms with Crippen molar-refractivity contribution in [2.75, 3.05) is 46.1 Å². The summed E-state index contributed by atoms with van der Waals surface area (Å²) in [7, 11) is 0. The Morgan fingerprint density at radius 1 is 1.35 bits per heavy atom. The minimum Gasteiger partial charge on any atom is -0.381 e. The van der Waals surface area contributed by atoms with Crippen LogP contribution in [0.3, 0.4) is 0 Å². The Hall–Kier alpha value is -0.950. The Bertz CT molecular complexity index is 534. The standard InChI is InChI=1S/C17H26N2O3S/c1-12-9-15(13(2)23-12)17(20)18-10-16(14-3-6-22-11-14)19-4-7-21-8-5-19/h9,14,16H,3-8,10-11H2,1-2H3,(H,18,20)/t14-,16-/m1/s1. The maximum atomic E-state index is 12.5. The van der Waals surface area contributed by atoms with Crippen LogP contribution in [0.15, 0.2) is 6.07 Å². The van der Waals surface area contributed by atoms with Gasteiger partial charge in [0.1, 0.15) is 0 Å². The van der Waals surface area contributed by atoms with Gasteiger partial charge in [0.2, 0.25) is 0 Å². The third-order valence-electron chi connectivity index (χ3n) is 4.78. The SMILES string of the molecule is Cc1cc(C(=O)NC[C@H]([C@@H]2CCOC2)N2CCOCC2)c(C)s1. The van der Waals surface area contributed by atoms with Crippen molar-refractivity contribution in [2.45, 2.75) is 26.3 Å². The molecular formula is C17H26N2O3S. The van der Waals surface area contributed by atoms with Crippen molar-refractivity contribution in [3.8, 4) is 0 Å². The van der Waals surface area contributed by atoms with Gasteiger partial charge in [0.25, 0.3) is 5.91 Å². The Kier molecular flexibility index (Phi) is 5.69. The van der Waals surface area contributed by atoms with E-state index in [9.17, 15) is 4.79 Å². The summed E-state index contributed by atoms with van der Waals surface area (Å²) in [5.41, 5.74) is 0.816. The van der Waals surface area contributed by atoms with Gasteiger partial charge in [-0.3, -0.25) is 9.69 Å². The van der Waals surface area contributed by atoms with Crippen molar-refractivity contribution < 1.29 is 14.3 Å². The molecular weight excluding hydrogens is 312 g/mol. The van der Waals surface area contributed by atoms with Gasteiger partial charge in [-0.1, -0.05) is 0 Å². The molecule has 0 bridgehead atoms. The molecule has 2 fully saturated rings. The van der Waals surface area contributed by atoms with Gasteiger partial charge < -0.3 is 14.8 Å². The fourth-order valence-corrected chi connectivity index (χ4v) is 4.43. The lowest BCUT2D eigenvalue weighted by molar-refractivity contribution is 0.00166. The van der Waals surface area contributed by atoms with E-state index in [1.807, 2.05) is 19.9 Å². The van der Waals surface area contributed by atoms with E-state index in [-0.39, 0.29) is 5.91 Å². The topological polar surface area (TPSA) is 50.8 Å². The Labute approximate surface area is 142 Å². The van der Waals surface area contributed by atoms with E-state index in [0.29, 0.717) is 18.5 Å². The number of nitrogens with one attached hydrogen (secondary N) is 1. The number of amides is 1. The second-order valence-electron chi connectivity index (χ2n) is 6.38. The molecule has 2 saturated heterocycles. The van der Waals surface area contributed by atoms with Crippen LogP contribution in [-0.2, 0) is 9.47 Å². The molecule has 3 rings (SSSR count). The van der Waals surface area contributed by atoms with Crippen LogP contribution < -0.4 is 5.32 Å². The number of nitrogens with zero attached hydrogens (tertiary/aromatic N) is 1. The van der Waals surface area contributed by atoms with Gasteiger partial charge in [0.05, 0.1) is 25.4 Å². The van der Waals surface area contributed by atoms with E-state index >= 15 is 0 Å². The summed E-state index contributed by atoms with van der Waals surface area (Å²) >= 11 is 1.68. The molecule has 1 amide bonds. The summed E-state index contributed by atoms with van der Waals surface area (Å²) in [5.74, 6) is 0.544. The lowest BCUT2D eigenvalue weighted by Crippen LogP contribution is -2.52. The number of thiophene rings is 1. The fraction of sp³-hybridized carbons (Fsp3) is 0.706. The van der Waals surface area contributed by atoms with Gasteiger partial charge in [-0.05, 0) is 26.3 Å². The third-order valence-corrected chi connectivity index (χ3v) is 5.75. The van der Waals surface area contributed by atoms with Crippen LogP contribution in [0.1, 0.15) is 26.5 Å². The number of ether oxygens (including phenoxy) is 2. The van der Waals surface area contributed by atoms with Crippen LogP contribution in [0, 0.1) is 19.8 Å². The number of rotatable bonds is 5. The summed E-state index contributed by atoms with van der Waals surface area (Å²) in [6.07, 6.45) is 1.08. The summed E-state index contributed by atoms with van der Waals surface area (Å²) in [5, 5.41) is 3.16. The maximum Gasteiger partial charge on any atom is 0.252 e. The maximum absolute atomic E-state index is 12.5. The molecule has 2 aliphatic heterocycles. The Morgan fingerprint density at radius 3 is 2.74 bits per heavy atom. The number of aryl methyl sites for hydroxylation is 2. The number of hydrogen-bond acceptors (Lipinski definition) is 5. The zero-order valence-electron chi connectivity index (χ0n) is 14.0. The molecule has 0 aromatic carbocycles. The molecule has 0 radical (unpaired) electrons. The van der Waals surface area contributed by atoms with Crippen molar-refractivity contribution in [3.05, 3.63) is 21.4 Å². The summed E-state index contributed by atoms with van der Waals surface area (Å²) in [6, 6.07) is 2.32. The van der Waals surface area contributed by atoms with E-state index in [1.54, 1.807) is 11.3 Å². The van der Waals surface area contributed by atoms with Gasteiger partial charge in [0, 0.05) is 48.0 Å². The van der Waals surface area contributed by atoms with E-state index in [2.05, 4.69) is 10.2 Å². The highest BCUT2D eigenvalue weighted by atomic mass is 32.1. The second-order valence-corrected chi connectivity index (χ2v) is 7.84. The molecule has 1 aromatic heterocycles. The normalized spacial score (nSPS) is 23.8. The van der Waals surface area contributed by atoms with Crippen molar-refractivity contribution in [2.24, 2.45) is 5.92 Å². The smallest absolute Gasteiger partial charge is 0.252 e. The first-order chi connectivity index (χ1) is 11.1. The van der Waals surface area contributed by atoms with Crippen molar-refractivity contribution in [1.29, 1.82) is 0 Å². The number of carbonyl (C=O) groups is 1. The first-order valence-corrected chi connectivity index (χ1v) is 9.21. The summed E-state index contributed by atoms with van der Waals surface area (Å²) in [6.45, 7) is 9.80. The molecule has 23 heavy (non-hydrogen) atoms. The molecule has 2 aliphatic rings. The van der Waals surface area contributed by atoms with Crippen molar-refractivity contribution in [1.82, 2.24) is 10.2 Å². The minimum atomic E-state index is 0.0454. The first kappa shape index (κ1) is 16.9. The van der Waals surface area contributed by atoms with Gasteiger partial charge in [-0.2, -0.15) is 0 Å². The average molecular weight is 338 g/mol. The minimum absolute atomic E-state index is 0.0454. The number of morpholine rings is 1. The molecule has 128 valence electrons. The quantitative estimate of drug-likeness (QED) is 0.890. The highest BCUT2D eigenvalue weighted by Crippen LogP contribution is 2.23. The third kappa shape index (κ3) is 4.12. The van der Waals surface area contributed by atoms with E-state index in [0.717, 1.165) is 56.4 Å². The largest absolute Gasteiger partial charge is 0.381 e. The van der Waals surface area contributed by atoms with Gasteiger partial charge >= 0.3 is 0 Å². The predicted octanol–water partition coefficient (Wildman–Crippen LogP) is 1.83. The molecule has 0 saturated carbocycles. The van der Waals surface area contributed by atoms with Gasteiger partial charge in [-0.25, -0.2) is 0 Å². The highest BCUT2D eigenvalue weighted by Gasteiger charge is 2.31. The van der Waals surface area contributed by atoms with Crippen LogP contribution in [-0.4, -0.2) is 62.9 Å². The number of hydrogen-bond donors (Lipinski definition) is 1. The van der Waals surface area contributed by atoms with E-state index in [1.165, 1.54) is 4.88 Å². The Balaban J connectivity index is 1.63. The molecule has 1 aromatic rings. The van der Waals surface area contributed by atoms with Crippen LogP contribution >= 0.6 is 11.3 Å². The summed E-state index contributed by atoms with van der Waals surface area (Å²) < 4.78 is 11.0. The second kappa shape index (κ2) is 7.75. The fourth-order valence-electron chi connectivity index (χ4n) is 3.51. The molecule has 0 spiro atoms. The predicted molar refractivity (Wildman–Crippen MR) is 91.2 cm³/mol. The molecule has 1 N–H and O–H groups in total. The molecule has 6 heteroatoms. The van der Waals surface area contributed by atoms with E-state index < -0.39 is 0 Å². The summed E-state index contributed by atoms with van der Waals surface area (Å²) in [4.78, 5) is 17.2. The van der Waals surface area contributed by atoms with Crippen LogP contribution in [0.4, 0.5) is 0 Å². The zero-order valence-corrected chi connectivity index (χ0v) is 14.8. The van der Waals surface area contributed by atoms with Gasteiger partial charge in [0.15, 0.2) is 0 Å². The lowest BCUT2D eigenvalue weighted by Gasteiger charge is -2.37. The van der Waals surface area contributed by atoms with Crippen LogP contribution in [0.2, 0.25) is 0 Å². The van der Waals surface area contributed by atoms with Crippen molar-refractivity contribution in [3.63, 3.8) is 0 Å². The molecule has 3 heterocycles. The van der Waals surface area contributed by atoms with E-state index in [4.69, 9.17) is 9.47 Å². The van der Waals surface area contributed by atoms with Gasteiger partial charge in [-0.15, -0.1) is 11.3 Å². The number of carbonyl (C=O) groups excluding carboxylic acids is 1. The van der Waals surface area contributed by atoms with Crippen LogP contribution in [0.25, 0.3) is 0 Å². The Morgan fingerprint density at radius 2 is 2.13 bits per heavy atom.